The van der Waals surface area contributed by atoms with E-state index < -0.39 is 6.04 Å². The van der Waals surface area contributed by atoms with Gasteiger partial charge in [-0.2, -0.15) is 0 Å². The summed E-state index contributed by atoms with van der Waals surface area (Å²) >= 11 is 0. The maximum absolute atomic E-state index is 12.0. The molecule has 1 heterocycles. The van der Waals surface area contributed by atoms with Crippen molar-refractivity contribution in [2.75, 3.05) is 32.8 Å². The molecule has 18 heavy (non-hydrogen) atoms. The van der Waals surface area contributed by atoms with Crippen LogP contribution < -0.4 is 11.1 Å². The first-order chi connectivity index (χ1) is 8.54. The first kappa shape index (κ1) is 14.9. The van der Waals surface area contributed by atoms with E-state index in [9.17, 15) is 9.59 Å². The number of nitrogens with two attached hydrogens (primary N) is 1. The van der Waals surface area contributed by atoms with Crippen molar-refractivity contribution in [1.29, 1.82) is 0 Å². The molecule has 2 amide bonds. The third-order valence-corrected chi connectivity index (χ3v) is 3.01. The van der Waals surface area contributed by atoms with Crippen LogP contribution in [-0.4, -0.2) is 55.6 Å². The van der Waals surface area contributed by atoms with Crippen molar-refractivity contribution in [3.05, 3.63) is 0 Å². The van der Waals surface area contributed by atoms with E-state index in [4.69, 9.17) is 10.5 Å². The molecular formula is C12H23N3O3. The number of hydrogen-bond donors (Lipinski definition) is 2. The van der Waals surface area contributed by atoms with Gasteiger partial charge in [0.05, 0.1) is 13.2 Å². The lowest BCUT2D eigenvalue weighted by molar-refractivity contribution is -0.139. The normalized spacial score (nSPS) is 19.2. The minimum Gasteiger partial charge on any atom is -0.378 e. The fourth-order valence-electron chi connectivity index (χ4n) is 1.82. The molecule has 0 aromatic rings. The summed E-state index contributed by atoms with van der Waals surface area (Å²) in [4.78, 5) is 25.4. The SMILES string of the molecule is CC(CN)CC(=O)NC(C)C(=O)N1CCOCC1. The molecule has 1 saturated heterocycles. The molecule has 104 valence electrons. The summed E-state index contributed by atoms with van der Waals surface area (Å²) in [7, 11) is 0. The van der Waals surface area contributed by atoms with E-state index in [1.807, 2.05) is 6.92 Å². The Morgan fingerprint density at radius 1 is 1.33 bits per heavy atom. The van der Waals surface area contributed by atoms with E-state index in [0.29, 0.717) is 39.3 Å². The monoisotopic (exact) mass is 257 g/mol. The molecule has 0 aromatic heterocycles. The molecule has 0 bridgehead atoms. The highest BCUT2D eigenvalue weighted by molar-refractivity contribution is 5.87. The molecule has 1 aliphatic heterocycles. The van der Waals surface area contributed by atoms with Gasteiger partial charge in [-0.05, 0) is 19.4 Å². The smallest absolute Gasteiger partial charge is 0.245 e. The van der Waals surface area contributed by atoms with Gasteiger partial charge in [0.25, 0.3) is 0 Å². The molecule has 2 atom stereocenters. The van der Waals surface area contributed by atoms with E-state index >= 15 is 0 Å². The Labute approximate surface area is 108 Å². The molecule has 0 spiro atoms. The van der Waals surface area contributed by atoms with E-state index in [-0.39, 0.29) is 17.7 Å². The standard InChI is InChI=1S/C12H23N3O3/c1-9(8-13)7-11(16)14-10(2)12(17)15-3-5-18-6-4-15/h9-10H,3-8,13H2,1-2H3,(H,14,16). The number of carbonyl (C=O) groups excluding carboxylic acids is 2. The van der Waals surface area contributed by atoms with Gasteiger partial charge in [0.15, 0.2) is 0 Å². The van der Waals surface area contributed by atoms with E-state index in [2.05, 4.69) is 5.32 Å². The van der Waals surface area contributed by atoms with Crippen molar-refractivity contribution < 1.29 is 14.3 Å². The molecule has 3 N–H and O–H groups in total. The van der Waals surface area contributed by atoms with Crippen LogP contribution in [-0.2, 0) is 14.3 Å². The summed E-state index contributed by atoms with van der Waals surface area (Å²) in [6.45, 7) is 6.42. The van der Waals surface area contributed by atoms with Gasteiger partial charge in [0.1, 0.15) is 6.04 Å². The second kappa shape index (κ2) is 7.33. The third kappa shape index (κ3) is 4.62. The van der Waals surface area contributed by atoms with E-state index in [1.54, 1.807) is 11.8 Å². The fraction of sp³-hybridized carbons (Fsp3) is 0.833. The van der Waals surface area contributed by atoms with Gasteiger partial charge in [-0.25, -0.2) is 0 Å². The Kier molecular flexibility index (Phi) is 6.07. The van der Waals surface area contributed by atoms with Gasteiger partial charge in [-0.1, -0.05) is 6.92 Å². The third-order valence-electron chi connectivity index (χ3n) is 3.01. The summed E-state index contributed by atoms with van der Waals surface area (Å²) in [5, 5.41) is 2.72. The van der Waals surface area contributed by atoms with Crippen LogP contribution in [0.3, 0.4) is 0 Å². The molecule has 0 saturated carbocycles. The molecular weight excluding hydrogens is 234 g/mol. The lowest BCUT2D eigenvalue weighted by Crippen LogP contribution is -2.50. The van der Waals surface area contributed by atoms with Crippen molar-refractivity contribution in [3.63, 3.8) is 0 Å². The highest BCUT2D eigenvalue weighted by Gasteiger charge is 2.23. The van der Waals surface area contributed by atoms with Crippen LogP contribution in [0.15, 0.2) is 0 Å². The number of morpholine rings is 1. The number of carbonyl (C=O) groups is 2. The lowest BCUT2D eigenvalue weighted by Gasteiger charge is -2.29. The molecule has 1 fully saturated rings. The van der Waals surface area contributed by atoms with Gasteiger partial charge >= 0.3 is 0 Å². The second-order valence-corrected chi connectivity index (χ2v) is 4.77. The number of amides is 2. The summed E-state index contributed by atoms with van der Waals surface area (Å²) in [6.07, 6.45) is 0.358. The van der Waals surface area contributed by atoms with Gasteiger partial charge in [0, 0.05) is 19.5 Å². The number of rotatable bonds is 5. The molecule has 0 aliphatic carbocycles. The molecule has 6 heteroatoms. The van der Waals surface area contributed by atoms with Crippen LogP contribution >= 0.6 is 0 Å². The Bertz CT molecular complexity index is 290. The first-order valence-electron chi connectivity index (χ1n) is 6.40. The zero-order valence-electron chi connectivity index (χ0n) is 11.1. The van der Waals surface area contributed by atoms with Gasteiger partial charge < -0.3 is 20.7 Å². The zero-order chi connectivity index (χ0) is 13.5. The average Bonchev–Trinajstić information content (AvgIpc) is 2.38. The summed E-state index contributed by atoms with van der Waals surface area (Å²) in [5.41, 5.74) is 5.46. The van der Waals surface area contributed by atoms with Crippen molar-refractivity contribution in [1.82, 2.24) is 10.2 Å². The van der Waals surface area contributed by atoms with Crippen LogP contribution in [0.1, 0.15) is 20.3 Å². The Balaban J connectivity index is 2.36. The number of hydrogen-bond acceptors (Lipinski definition) is 4. The predicted octanol–water partition coefficient (Wildman–Crippen LogP) is -0.665. The summed E-state index contributed by atoms with van der Waals surface area (Å²) < 4.78 is 5.18. The summed E-state index contributed by atoms with van der Waals surface area (Å²) in [6, 6.07) is -0.486. The highest BCUT2D eigenvalue weighted by atomic mass is 16.5. The predicted molar refractivity (Wildman–Crippen MR) is 67.8 cm³/mol. The molecule has 1 aliphatic rings. The van der Waals surface area contributed by atoms with Crippen LogP contribution in [0.2, 0.25) is 0 Å². The Morgan fingerprint density at radius 2 is 1.94 bits per heavy atom. The minimum atomic E-state index is -0.486. The first-order valence-corrected chi connectivity index (χ1v) is 6.40. The van der Waals surface area contributed by atoms with E-state index in [0.717, 1.165) is 0 Å². The Hall–Kier alpha value is -1.14. The average molecular weight is 257 g/mol. The zero-order valence-corrected chi connectivity index (χ0v) is 11.1. The number of nitrogens with one attached hydrogen (secondary N) is 1. The van der Waals surface area contributed by atoms with Crippen LogP contribution in [0.25, 0.3) is 0 Å². The van der Waals surface area contributed by atoms with Gasteiger partial charge in [0.2, 0.25) is 11.8 Å². The van der Waals surface area contributed by atoms with Crippen LogP contribution in [0.4, 0.5) is 0 Å². The van der Waals surface area contributed by atoms with Gasteiger partial charge in [-0.15, -0.1) is 0 Å². The molecule has 1 rings (SSSR count). The maximum atomic E-state index is 12.0. The molecule has 0 aromatic carbocycles. The van der Waals surface area contributed by atoms with Gasteiger partial charge in [-0.3, -0.25) is 9.59 Å². The minimum absolute atomic E-state index is 0.0490. The summed E-state index contributed by atoms with van der Waals surface area (Å²) in [5.74, 6) is -0.0372. The highest BCUT2D eigenvalue weighted by Crippen LogP contribution is 2.03. The lowest BCUT2D eigenvalue weighted by atomic mass is 10.1. The Morgan fingerprint density at radius 3 is 2.50 bits per heavy atom. The fourth-order valence-corrected chi connectivity index (χ4v) is 1.82. The van der Waals surface area contributed by atoms with Crippen molar-refractivity contribution in [3.8, 4) is 0 Å². The van der Waals surface area contributed by atoms with E-state index in [1.165, 1.54) is 0 Å². The van der Waals surface area contributed by atoms with Crippen molar-refractivity contribution in [2.24, 2.45) is 11.7 Å². The largest absolute Gasteiger partial charge is 0.378 e. The van der Waals surface area contributed by atoms with Crippen LogP contribution in [0.5, 0.6) is 0 Å². The van der Waals surface area contributed by atoms with Crippen LogP contribution in [0, 0.1) is 5.92 Å². The topological polar surface area (TPSA) is 84.7 Å². The number of nitrogens with zero attached hydrogens (tertiary/aromatic N) is 1. The van der Waals surface area contributed by atoms with Crippen molar-refractivity contribution >= 4 is 11.8 Å². The molecule has 2 unspecified atom stereocenters. The maximum Gasteiger partial charge on any atom is 0.245 e. The molecule has 6 nitrogen and oxygen atoms in total. The number of ether oxygens (including phenoxy) is 1. The molecule has 0 radical (unpaired) electrons. The quantitative estimate of drug-likeness (QED) is 0.684. The van der Waals surface area contributed by atoms with Crippen molar-refractivity contribution in [2.45, 2.75) is 26.3 Å². The second-order valence-electron chi connectivity index (χ2n) is 4.77.